The third kappa shape index (κ3) is 10.7. The number of rotatable bonds is 15. The van der Waals surface area contributed by atoms with Crippen molar-refractivity contribution < 1.29 is 39.9 Å². The van der Waals surface area contributed by atoms with Crippen LogP contribution in [0.5, 0.6) is 0 Å². The number of sulfone groups is 2. The van der Waals surface area contributed by atoms with E-state index in [2.05, 4.69) is 18.3 Å². The van der Waals surface area contributed by atoms with Crippen LogP contribution in [0.3, 0.4) is 0 Å². The summed E-state index contributed by atoms with van der Waals surface area (Å²) < 4.78 is 89.8. The third-order valence-corrected chi connectivity index (χ3v) is 11.8. The summed E-state index contributed by atoms with van der Waals surface area (Å²) in [4.78, 5) is 11.9. The van der Waals surface area contributed by atoms with Crippen LogP contribution in [-0.4, -0.2) is 64.1 Å². The van der Waals surface area contributed by atoms with Crippen molar-refractivity contribution in [1.82, 2.24) is 5.32 Å². The number of aliphatic carboxylic acids is 1. The number of nitrogens with one attached hydrogen (secondary N) is 1. The number of hydrogen-bond acceptors (Lipinski definition) is 8. The highest BCUT2D eigenvalue weighted by Crippen LogP contribution is 2.39. The van der Waals surface area contributed by atoms with Crippen molar-refractivity contribution in [3.63, 3.8) is 0 Å². The molecule has 2 atom stereocenters. The zero-order valence-electron chi connectivity index (χ0n) is 26.8. The van der Waals surface area contributed by atoms with Crippen molar-refractivity contribution >= 4 is 31.3 Å². The van der Waals surface area contributed by atoms with Crippen LogP contribution < -0.4 is 10.2 Å². The molecule has 0 aromatic heterocycles. The lowest BCUT2D eigenvalue weighted by Gasteiger charge is -2.24. The number of carboxylic acid groups (broad SMARTS) is 1. The largest absolute Gasteiger partial charge is 0.480 e. The maximum atomic E-state index is 13.3. The van der Waals surface area contributed by atoms with Crippen molar-refractivity contribution in [2.75, 3.05) is 24.2 Å². The van der Waals surface area contributed by atoms with E-state index in [1.807, 2.05) is 0 Å². The molecule has 1 saturated carbocycles. The highest BCUT2D eigenvalue weighted by atomic mass is 32.2. The maximum Gasteiger partial charge on any atom is 0.417 e. The van der Waals surface area contributed by atoms with Crippen molar-refractivity contribution in [1.29, 1.82) is 5.26 Å². The monoisotopic (exact) mass is 699 g/mol. The number of nitrogens with zero attached hydrogens (tertiary/aromatic N) is 2. The number of hydrogen-bond donors (Lipinski definition) is 2. The number of halogens is 3. The molecule has 1 saturated heterocycles. The molecule has 9 nitrogen and oxygen atoms in total. The van der Waals surface area contributed by atoms with E-state index in [0.29, 0.717) is 6.07 Å². The van der Waals surface area contributed by atoms with Gasteiger partial charge in [0.25, 0.3) is 0 Å². The van der Waals surface area contributed by atoms with E-state index in [1.54, 1.807) is 0 Å². The van der Waals surface area contributed by atoms with Gasteiger partial charge < -0.3 is 10.0 Å². The van der Waals surface area contributed by atoms with Crippen molar-refractivity contribution in [2.24, 2.45) is 0 Å². The first-order chi connectivity index (χ1) is 22.1. The van der Waals surface area contributed by atoms with E-state index < -0.39 is 66.5 Å². The second-order valence-corrected chi connectivity index (χ2v) is 16.5. The fourth-order valence-corrected chi connectivity index (χ4v) is 8.17. The first-order valence-electron chi connectivity index (χ1n) is 15.9. The summed E-state index contributed by atoms with van der Waals surface area (Å²) in [5.74, 6) is -1.37. The van der Waals surface area contributed by atoms with E-state index in [9.17, 15) is 39.9 Å². The Labute approximate surface area is 276 Å². The molecule has 0 bridgehead atoms. The number of anilines is 1. The smallest absolute Gasteiger partial charge is 0.417 e. The molecule has 0 radical (unpaired) electrons. The van der Waals surface area contributed by atoms with Crippen LogP contribution in [0, 0.1) is 11.3 Å². The van der Waals surface area contributed by atoms with E-state index in [4.69, 9.17) is 5.26 Å². The average Bonchev–Trinajstić information content (AvgIpc) is 3.65. The van der Waals surface area contributed by atoms with Crippen molar-refractivity contribution in [3.05, 3.63) is 54.1 Å². The summed E-state index contributed by atoms with van der Waals surface area (Å²) in [5.41, 5.74) is -1.28. The van der Waals surface area contributed by atoms with E-state index in [0.717, 1.165) is 37.8 Å². The summed E-state index contributed by atoms with van der Waals surface area (Å²) in [6.07, 6.45) is 8.58. The number of carbonyl (C=O) groups is 1. The minimum absolute atomic E-state index is 0.0946. The van der Waals surface area contributed by atoms with Crippen LogP contribution in [0.4, 0.5) is 18.9 Å². The van der Waals surface area contributed by atoms with E-state index in [-0.39, 0.29) is 16.1 Å². The molecule has 260 valence electrons. The van der Waals surface area contributed by atoms with Crippen molar-refractivity contribution in [3.8, 4) is 6.07 Å². The molecule has 0 amide bonds. The van der Waals surface area contributed by atoms with Crippen LogP contribution in [0.1, 0.15) is 83.1 Å². The molecule has 14 heteroatoms. The Kier molecular flexibility index (Phi) is 13.3. The average molecular weight is 700 g/mol. The van der Waals surface area contributed by atoms with Gasteiger partial charge in [0.1, 0.15) is 11.6 Å². The second-order valence-electron chi connectivity index (χ2n) is 12.3. The van der Waals surface area contributed by atoms with Gasteiger partial charge >= 0.3 is 12.1 Å². The molecule has 0 unspecified atom stereocenters. The Balaban J connectivity index is 0.000000316. The minimum Gasteiger partial charge on any atom is -0.480 e. The molecule has 2 aliphatic rings. The lowest BCUT2D eigenvalue weighted by molar-refractivity contribution is -0.140. The van der Waals surface area contributed by atoms with Gasteiger partial charge in [0.15, 0.2) is 19.7 Å². The quantitative estimate of drug-likeness (QED) is 0.202. The predicted octanol–water partition coefficient (Wildman–Crippen LogP) is 6.39. The van der Waals surface area contributed by atoms with Gasteiger partial charge in [-0.3, -0.25) is 5.32 Å². The molecule has 1 aliphatic carbocycles. The Bertz CT molecular complexity index is 1620. The van der Waals surface area contributed by atoms with Gasteiger partial charge in [0.2, 0.25) is 0 Å². The van der Waals surface area contributed by atoms with Crippen LogP contribution in [-0.2, 0) is 30.6 Å². The summed E-state index contributed by atoms with van der Waals surface area (Å²) in [5, 5.41) is 20.4. The highest BCUT2D eigenvalue weighted by Gasteiger charge is 2.46. The predicted molar refractivity (Wildman–Crippen MR) is 174 cm³/mol. The SMILES string of the molecule is CCCCCCCCCCNC1(C#N)CC1.CS(=O)(=O)c1cccc(N2C[C@H](S(=O)(=O)c3ccccc3C(F)(F)F)C[C@H]2C(=O)O)c1. The van der Waals surface area contributed by atoms with Gasteiger partial charge in [-0.15, -0.1) is 0 Å². The molecule has 2 N–H and O–H groups in total. The number of benzene rings is 2. The molecular formula is C33H44F3N3O6S2. The summed E-state index contributed by atoms with van der Waals surface area (Å²) in [6, 6.07) is 10.1. The van der Waals surface area contributed by atoms with E-state index >= 15 is 0 Å². The summed E-state index contributed by atoms with van der Waals surface area (Å²) >= 11 is 0. The van der Waals surface area contributed by atoms with Gasteiger partial charge in [-0.1, -0.05) is 70.1 Å². The minimum atomic E-state index is -4.90. The molecule has 2 aromatic rings. The maximum absolute atomic E-state index is 13.3. The zero-order valence-corrected chi connectivity index (χ0v) is 28.4. The third-order valence-electron chi connectivity index (χ3n) is 8.52. The number of unbranched alkanes of at least 4 members (excludes halogenated alkanes) is 7. The molecular weight excluding hydrogens is 656 g/mol. The molecule has 4 rings (SSSR count). The van der Waals surface area contributed by atoms with Gasteiger partial charge in [0, 0.05) is 18.5 Å². The highest BCUT2D eigenvalue weighted by molar-refractivity contribution is 7.92. The molecule has 2 fully saturated rings. The lowest BCUT2D eigenvalue weighted by atomic mass is 10.1. The van der Waals surface area contributed by atoms with E-state index in [1.165, 1.54) is 86.6 Å². The van der Waals surface area contributed by atoms with Gasteiger partial charge in [-0.05, 0) is 62.6 Å². The number of nitriles is 1. The topological polar surface area (TPSA) is 145 Å². The van der Waals surface area contributed by atoms with Gasteiger partial charge in [-0.2, -0.15) is 18.4 Å². The van der Waals surface area contributed by atoms with Crippen LogP contribution in [0.25, 0.3) is 0 Å². The van der Waals surface area contributed by atoms with Crippen LogP contribution in [0.2, 0.25) is 0 Å². The molecule has 1 heterocycles. The Hall–Kier alpha value is -3.15. The number of alkyl halides is 3. The Morgan fingerprint density at radius 1 is 1.00 bits per heavy atom. The first kappa shape index (κ1) is 38.3. The fraction of sp³-hybridized carbons (Fsp3) is 0.576. The molecule has 1 aliphatic heterocycles. The van der Waals surface area contributed by atoms with Crippen LogP contribution in [0.15, 0.2) is 58.3 Å². The summed E-state index contributed by atoms with van der Waals surface area (Å²) in [6.45, 7) is 2.88. The number of carboxylic acids is 1. The lowest BCUT2D eigenvalue weighted by Crippen LogP contribution is -2.36. The van der Waals surface area contributed by atoms with Gasteiger partial charge in [0.05, 0.1) is 26.7 Å². The van der Waals surface area contributed by atoms with Crippen molar-refractivity contribution in [2.45, 2.75) is 110 Å². The molecule has 2 aromatic carbocycles. The molecule has 47 heavy (non-hydrogen) atoms. The summed E-state index contributed by atoms with van der Waals surface area (Å²) in [7, 11) is -8.16. The fourth-order valence-electron chi connectivity index (χ4n) is 5.60. The van der Waals surface area contributed by atoms with Gasteiger partial charge in [-0.25, -0.2) is 21.6 Å². The first-order valence-corrected chi connectivity index (χ1v) is 19.4. The normalized spacial score (nSPS) is 19.0. The Morgan fingerprint density at radius 2 is 1.62 bits per heavy atom. The Morgan fingerprint density at radius 3 is 2.17 bits per heavy atom. The second kappa shape index (κ2) is 16.3. The molecule has 0 spiro atoms. The standard InChI is InChI=1S/C19H18F3NO6S2.C14H26N2/c1-30(26,27)13-6-4-5-12(9-13)23-11-14(10-16(23)18(24)25)31(28,29)17-8-3-2-7-15(17)19(20,21)22;1-2-3-4-5-6-7-8-9-12-16-14(13-15)10-11-14/h2-9,14,16H,10-11H2,1H3,(H,24,25);16H,2-12H2,1H3/t14-,16+;/m1./s1. The zero-order chi connectivity index (χ0) is 34.9. The van der Waals surface area contributed by atoms with Crippen LogP contribution >= 0.6 is 0 Å².